The highest BCUT2D eigenvalue weighted by atomic mass is 32.1. The van der Waals surface area contributed by atoms with E-state index in [2.05, 4.69) is 4.98 Å². The van der Waals surface area contributed by atoms with Gasteiger partial charge >= 0.3 is 0 Å². The van der Waals surface area contributed by atoms with Crippen LogP contribution in [0.5, 0.6) is 0 Å². The van der Waals surface area contributed by atoms with Gasteiger partial charge in [0.2, 0.25) is 0 Å². The fourth-order valence-electron chi connectivity index (χ4n) is 1.98. The zero-order chi connectivity index (χ0) is 13.2. The van der Waals surface area contributed by atoms with Crippen molar-refractivity contribution in [3.05, 3.63) is 51.7 Å². The van der Waals surface area contributed by atoms with Crippen molar-refractivity contribution in [3.8, 4) is 0 Å². The lowest BCUT2D eigenvalue weighted by molar-refractivity contribution is 0.421. The van der Waals surface area contributed by atoms with Crippen molar-refractivity contribution in [3.63, 3.8) is 0 Å². The summed E-state index contributed by atoms with van der Waals surface area (Å²) < 4.78 is 13.3. The molecule has 96 valence electrons. The predicted octanol–water partition coefficient (Wildman–Crippen LogP) is 3.40. The van der Waals surface area contributed by atoms with Gasteiger partial charge in [0.25, 0.3) is 0 Å². The Labute approximate surface area is 111 Å². The molecule has 4 heteroatoms. The van der Waals surface area contributed by atoms with E-state index in [1.807, 2.05) is 25.3 Å². The second kappa shape index (κ2) is 5.16. The summed E-state index contributed by atoms with van der Waals surface area (Å²) in [6.45, 7) is 3.98. The van der Waals surface area contributed by atoms with Gasteiger partial charge in [-0.15, -0.1) is 11.3 Å². The van der Waals surface area contributed by atoms with Crippen molar-refractivity contribution in [2.75, 3.05) is 0 Å². The van der Waals surface area contributed by atoms with Crippen molar-refractivity contribution in [1.29, 1.82) is 0 Å². The van der Waals surface area contributed by atoms with E-state index in [9.17, 15) is 4.39 Å². The minimum atomic E-state index is -0.549. The number of hydrogen-bond donors (Lipinski definition) is 1. The zero-order valence-electron chi connectivity index (χ0n) is 10.6. The summed E-state index contributed by atoms with van der Waals surface area (Å²) >= 11 is 1.61. The topological polar surface area (TPSA) is 38.9 Å². The Hall–Kier alpha value is -1.26. The van der Waals surface area contributed by atoms with Crippen LogP contribution in [-0.4, -0.2) is 4.98 Å². The molecular weight excluding hydrogens is 247 g/mol. The Balaban J connectivity index is 2.30. The maximum Gasteiger partial charge on any atom is 0.123 e. The monoisotopic (exact) mass is 264 g/mol. The molecule has 0 aliphatic rings. The van der Waals surface area contributed by atoms with Gasteiger partial charge in [-0.05, 0) is 31.0 Å². The van der Waals surface area contributed by atoms with Crippen molar-refractivity contribution >= 4 is 11.3 Å². The van der Waals surface area contributed by atoms with Crippen LogP contribution in [0.25, 0.3) is 0 Å². The molecule has 0 radical (unpaired) electrons. The average Bonchev–Trinajstić information content (AvgIpc) is 2.74. The zero-order valence-corrected chi connectivity index (χ0v) is 11.4. The third-order valence-electron chi connectivity index (χ3n) is 3.16. The van der Waals surface area contributed by atoms with E-state index in [1.165, 1.54) is 12.1 Å². The quantitative estimate of drug-likeness (QED) is 0.919. The maximum absolute atomic E-state index is 13.3. The van der Waals surface area contributed by atoms with Crippen molar-refractivity contribution in [2.24, 2.45) is 5.73 Å². The molecule has 0 saturated carbocycles. The SMILES string of the molecule is CCC(N)(Cc1nc(C)cs1)c1cccc(F)c1. The molecule has 0 bridgehead atoms. The van der Waals surface area contributed by atoms with E-state index in [-0.39, 0.29) is 5.82 Å². The fraction of sp³-hybridized carbons (Fsp3) is 0.357. The molecule has 18 heavy (non-hydrogen) atoms. The normalized spacial score (nSPS) is 14.4. The minimum Gasteiger partial charge on any atom is -0.321 e. The van der Waals surface area contributed by atoms with Gasteiger partial charge in [-0.3, -0.25) is 0 Å². The molecule has 1 unspecified atom stereocenters. The number of rotatable bonds is 4. The van der Waals surface area contributed by atoms with Gasteiger partial charge in [0.1, 0.15) is 5.82 Å². The first-order chi connectivity index (χ1) is 8.53. The molecule has 1 aromatic heterocycles. The Morgan fingerprint density at radius 1 is 1.44 bits per heavy atom. The van der Waals surface area contributed by atoms with Crippen LogP contribution < -0.4 is 5.73 Å². The molecule has 2 aromatic rings. The molecule has 0 aliphatic heterocycles. The van der Waals surface area contributed by atoms with Gasteiger partial charge in [-0.2, -0.15) is 0 Å². The van der Waals surface area contributed by atoms with E-state index in [1.54, 1.807) is 17.4 Å². The van der Waals surface area contributed by atoms with Crippen LogP contribution in [0.4, 0.5) is 4.39 Å². The van der Waals surface area contributed by atoms with Crippen LogP contribution in [0.1, 0.15) is 29.6 Å². The molecule has 2 nitrogen and oxygen atoms in total. The number of nitrogens with two attached hydrogens (primary N) is 1. The largest absolute Gasteiger partial charge is 0.321 e. The van der Waals surface area contributed by atoms with E-state index in [0.29, 0.717) is 6.42 Å². The first kappa shape index (κ1) is 13.2. The lowest BCUT2D eigenvalue weighted by Crippen LogP contribution is -2.38. The number of aromatic nitrogens is 1. The van der Waals surface area contributed by atoms with E-state index < -0.39 is 5.54 Å². The molecule has 1 atom stereocenters. The van der Waals surface area contributed by atoms with Gasteiger partial charge in [0.05, 0.1) is 5.01 Å². The lowest BCUT2D eigenvalue weighted by Gasteiger charge is -2.28. The van der Waals surface area contributed by atoms with Crippen LogP contribution >= 0.6 is 11.3 Å². The second-order valence-electron chi connectivity index (χ2n) is 4.58. The predicted molar refractivity (Wildman–Crippen MR) is 73.1 cm³/mol. The summed E-state index contributed by atoms with van der Waals surface area (Å²) in [5.74, 6) is -0.244. The molecule has 0 saturated heterocycles. The third kappa shape index (κ3) is 2.76. The number of benzene rings is 1. The Bertz CT molecular complexity index is 538. The van der Waals surface area contributed by atoms with E-state index in [4.69, 9.17) is 5.73 Å². The first-order valence-corrected chi connectivity index (χ1v) is 6.87. The standard InChI is InChI=1S/C14H17FN2S/c1-3-14(16,8-13-17-10(2)9-18-13)11-5-4-6-12(15)7-11/h4-7,9H,3,8,16H2,1-2H3. The van der Waals surface area contributed by atoms with Crippen molar-refractivity contribution in [2.45, 2.75) is 32.2 Å². The highest BCUT2D eigenvalue weighted by molar-refractivity contribution is 7.09. The van der Waals surface area contributed by atoms with Gasteiger partial charge in [0, 0.05) is 23.0 Å². The van der Waals surface area contributed by atoms with Crippen LogP contribution in [-0.2, 0) is 12.0 Å². The fourth-order valence-corrected chi connectivity index (χ4v) is 2.88. The molecular formula is C14H17FN2S. The van der Waals surface area contributed by atoms with Gasteiger partial charge in [0.15, 0.2) is 0 Å². The summed E-state index contributed by atoms with van der Waals surface area (Å²) in [5.41, 5.74) is 7.72. The van der Waals surface area contributed by atoms with Crippen LogP contribution in [0, 0.1) is 12.7 Å². The van der Waals surface area contributed by atoms with Gasteiger partial charge < -0.3 is 5.73 Å². The molecule has 0 amide bonds. The molecule has 1 aromatic carbocycles. The smallest absolute Gasteiger partial charge is 0.123 e. The van der Waals surface area contributed by atoms with Crippen molar-refractivity contribution < 1.29 is 4.39 Å². The summed E-state index contributed by atoms with van der Waals surface area (Å²) in [5, 5.41) is 3.01. The Morgan fingerprint density at radius 3 is 2.78 bits per heavy atom. The molecule has 0 aliphatic carbocycles. The van der Waals surface area contributed by atoms with E-state index >= 15 is 0 Å². The Morgan fingerprint density at radius 2 is 2.22 bits per heavy atom. The Kier molecular flexibility index (Phi) is 3.78. The maximum atomic E-state index is 13.3. The number of halogens is 1. The lowest BCUT2D eigenvalue weighted by atomic mass is 9.85. The molecule has 2 N–H and O–H groups in total. The van der Waals surface area contributed by atoms with Crippen LogP contribution in [0.3, 0.4) is 0 Å². The summed E-state index contributed by atoms with van der Waals surface area (Å²) in [7, 11) is 0. The molecule has 2 rings (SSSR count). The first-order valence-electron chi connectivity index (χ1n) is 5.99. The average molecular weight is 264 g/mol. The summed E-state index contributed by atoms with van der Waals surface area (Å²) in [4.78, 5) is 4.44. The van der Waals surface area contributed by atoms with Crippen LogP contribution in [0.15, 0.2) is 29.6 Å². The number of hydrogen-bond acceptors (Lipinski definition) is 3. The van der Waals surface area contributed by atoms with Crippen molar-refractivity contribution in [1.82, 2.24) is 4.98 Å². The summed E-state index contributed by atoms with van der Waals surface area (Å²) in [6.07, 6.45) is 1.39. The molecule has 0 spiro atoms. The van der Waals surface area contributed by atoms with Gasteiger partial charge in [-0.1, -0.05) is 19.1 Å². The number of nitrogens with zero attached hydrogens (tertiary/aromatic N) is 1. The van der Waals surface area contributed by atoms with E-state index in [0.717, 1.165) is 22.7 Å². The molecule has 1 heterocycles. The third-order valence-corrected chi connectivity index (χ3v) is 4.13. The van der Waals surface area contributed by atoms with Gasteiger partial charge in [-0.25, -0.2) is 9.37 Å². The molecule has 0 fully saturated rings. The van der Waals surface area contributed by atoms with Crippen LogP contribution in [0.2, 0.25) is 0 Å². The second-order valence-corrected chi connectivity index (χ2v) is 5.52. The number of aryl methyl sites for hydroxylation is 1. The number of thiazole rings is 1. The highest BCUT2D eigenvalue weighted by Crippen LogP contribution is 2.28. The highest BCUT2D eigenvalue weighted by Gasteiger charge is 2.27. The minimum absolute atomic E-state index is 0.244. The summed E-state index contributed by atoms with van der Waals surface area (Å²) in [6, 6.07) is 6.54.